The summed E-state index contributed by atoms with van der Waals surface area (Å²) in [5.41, 5.74) is 1.79. The largest absolute Gasteiger partial charge is 0.484 e. The molecule has 0 aliphatic carbocycles. The summed E-state index contributed by atoms with van der Waals surface area (Å²) in [6.45, 7) is 2.98. The second-order valence-corrected chi connectivity index (χ2v) is 6.49. The van der Waals surface area contributed by atoms with Gasteiger partial charge in [0.1, 0.15) is 5.75 Å². The van der Waals surface area contributed by atoms with E-state index in [0.29, 0.717) is 42.4 Å². The first-order valence-corrected chi connectivity index (χ1v) is 9.25. The number of benzene rings is 2. The van der Waals surface area contributed by atoms with Crippen LogP contribution < -0.4 is 15.4 Å². The van der Waals surface area contributed by atoms with E-state index in [1.807, 2.05) is 11.0 Å². The van der Waals surface area contributed by atoms with Gasteiger partial charge in [0.2, 0.25) is 5.91 Å². The highest BCUT2D eigenvalue weighted by Crippen LogP contribution is 2.15. The van der Waals surface area contributed by atoms with E-state index in [2.05, 4.69) is 10.6 Å². The van der Waals surface area contributed by atoms with Crippen molar-refractivity contribution in [1.82, 2.24) is 4.90 Å². The summed E-state index contributed by atoms with van der Waals surface area (Å²) in [4.78, 5) is 26.2. The number of nitrogens with one attached hydrogen (secondary N) is 2. The summed E-state index contributed by atoms with van der Waals surface area (Å²) < 4.78 is 10.7. The van der Waals surface area contributed by atoms with Crippen LogP contribution in [0.1, 0.15) is 5.56 Å². The van der Waals surface area contributed by atoms with Gasteiger partial charge in [-0.05, 0) is 48.5 Å². The molecule has 2 aromatic rings. The standard InChI is InChI=1S/C21H22N4O4/c22-13-16-1-7-19(8-2-16)29-15-21(27)24-18-5-3-17(4-6-18)23-20(26)14-25-9-11-28-12-10-25/h1-8H,9-12,14-15H2,(H,23,26)(H,24,27). The third kappa shape index (κ3) is 6.60. The molecule has 0 bridgehead atoms. The Balaban J connectivity index is 1.42. The van der Waals surface area contributed by atoms with Gasteiger partial charge in [0.15, 0.2) is 6.61 Å². The van der Waals surface area contributed by atoms with Crippen molar-refractivity contribution in [3.05, 3.63) is 54.1 Å². The molecule has 2 N–H and O–H groups in total. The molecule has 3 rings (SSSR count). The number of anilines is 2. The lowest BCUT2D eigenvalue weighted by atomic mass is 10.2. The lowest BCUT2D eigenvalue weighted by Crippen LogP contribution is -2.41. The number of morpholine rings is 1. The number of amides is 2. The van der Waals surface area contributed by atoms with Crippen LogP contribution in [0, 0.1) is 11.3 Å². The molecule has 1 saturated heterocycles. The van der Waals surface area contributed by atoms with Crippen molar-refractivity contribution in [2.45, 2.75) is 0 Å². The van der Waals surface area contributed by atoms with Crippen LogP contribution in [0.15, 0.2) is 48.5 Å². The van der Waals surface area contributed by atoms with Crippen molar-refractivity contribution in [1.29, 1.82) is 5.26 Å². The Morgan fingerprint density at radius 1 is 0.966 bits per heavy atom. The van der Waals surface area contributed by atoms with Gasteiger partial charge in [0.05, 0.1) is 31.4 Å². The Bertz CT molecular complexity index is 869. The van der Waals surface area contributed by atoms with Gasteiger partial charge in [-0.1, -0.05) is 0 Å². The predicted molar refractivity (Wildman–Crippen MR) is 108 cm³/mol. The van der Waals surface area contributed by atoms with Crippen LogP contribution in [0.5, 0.6) is 5.75 Å². The van der Waals surface area contributed by atoms with Crippen molar-refractivity contribution in [2.24, 2.45) is 0 Å². The van der Waals surface area contributed by atoms with Gasteiger partial charge in [-0.3, -0.25) is 14.5 Å². The minimum atomic E-state index is -0.307. The molecule has 2 aromatic carbocycles. The zero-order valence-electron chi connectivity index (χ0n) is 15.9. The minimum Gasteiger partial charge on any atom is -0.484 e. The van der Waals surface area contributed by atoms with Crippen LogP contribution in [0.4, 0.5) is 11.4 Å². The molecule has 1 aliphatic heterocycles. The Hall–Kier alpha value is -3.41. The maximum atomic E-state index is 12.1. The van der Waals surface area contributed by atoms with Gasteiger partial charge >= 0.3 is 0 Å². The quantitative estimate of drug-likeness (QED) is 0.743. The van der Waals surface area contributed by atoms with Crippen molar-refractivity contribution >= 4 is 23.2 Å². The molecule has 1 aliphatic rings. The van der Waals surface area contributed by atoms with E-state index < -0.39 is 0 Å². The number of carbonyl (C=O) groups excluding carboxylic acids is 2. The molecule has 0 radical (unpaired) electrons. The average molecular weight is 394 g/mol. The van der Waals surface area contributed by atoms with Gasteiger partial charge < -0.3 is 20.1 Å². The molecule has 8 heteroatoms. The number of carbonyl (C=O) groups is 2. The van der Waals surface area contributed by atoms with E-state index in [4.69, 9.17) is 14.7 Å². The molecule has 29 heavy (non-hydrogen) atoms. The molecule has 8 nitrogen and oxygen atoms in total. The Labute approximate surface area is 169 Å². The summed E-state index contributed by atoms with van der Waals surface area (Å²) in [7, 11) is 0. The molecular formula is C21H22N4O4. The highest BCUT2D eigenvalue weighted by atomic mass is 16.5. The third-order valence-corrected chi connectivity index (χ3v) is 4.28. The van der Waals surface area contributed by atoms with Crippen LogP contribution in [-0.2, 0) is 14.3 Å². The maximum Gasteiger partial charge on any atom is 0.262 e. The number of ether oxygens (including phenoxy) is 2. The summed E-state index contributed by atoms with van der Waals surface area (Å²) in [6.07, 6.45) is 0. The Morgan fingerprint density at radius 2 is 1.55 bits per heavy atom. The summed E-state index contributed by atoms with van der Waals surface area (Å²) in [5.74, 6) is 0.121. The Kier molecular flexibility index (Phi) is 7.16. The fourth-order valence-corrected chi connectivity index (χ4v) is 2.77. The normalized spacial score (nSPS) is 13.9. The number of nitriles is 1. The van der Waals surface area contributed by atoms with Crippen molar-refractivity contribution in [3.63, 3.8) is 0 Å². The molecular weight excluding hydrogens is 372 g/mol. The van der Waals surface area contributed by atoms with Gasteiger partial charge in [-0.25, -0.2) is 0 Å². The molecule has 0 aromatic heterocycles. The number of rotatable bonds is 7. The fourth-order valence-electron chi connectivity index (χ4n) is 2.77. The Morgan fingerprint density at radius 3 is 2.14 bits per heavy atom. The number of nitrogens with zero attached hydrogens (tertiary/aromatic N) is 2. The van der Waals surface area contributed by atoms with Gasteiger partial charge in [-0.15, -0.1) is 0 Å². The number of hydrogen-bond donors (Lipinski definition) is 2. The summed E-state index contributed by atoms with van der Waals surface area (Å²) in [6, 6.07) is 15.4. The van der Waals surface area contributed by atoms with Crippen molar-refractivity contribution in [2.75, 3.05) is 50.1 Å². The van der Waals surface area contributed by atoms with E-state index in [1.165, 1.54) is 0 Å². The summed E-state index contributed by atoms with van der Waals surface area (Å²) >= 11 is 0. The zero-order chi connectivity index (χ0) is 20.5. The molecule has 2 amide bonds. The highest BCUT2D eigenvalue weighted by Gasteiger charge is 2.14. The van der Waals surface area contributed by atoms with Gasteiger partial charge in [0.25, 0.3) is 5.91 Å². The molecule has 0 spiro atoms. The second-order valence-electron chi connectivity index (χ2n) is 6.49. The van der Waals surface area contributed by atoms with E-state index in [1.54, 1.807) is 48.5 Å². The lowest BCUT2D eigenvalue weighted by Gasteiger charge is -2.25. The first kappa shape index (κ1) is 20.3. The first-order valence-electron chi connectivity index (χ1n) is 9.25. The molecule has 0 unspecified atom stereocenters. The molecule has 150 valence electrons. The van der Waals surface area contributed by atoms with E-state index in [-0.39, 0.29) is 18.4 Å². The SMILES string of the molecule is N#Cc1ccc(OCC(=O)Nc2ccc(NC(=O)CN3CCOCC3)cc2)cc1. The van der Waals surface area contributed by atoms with Crippen LogP contribution >= 0.6 is 0 Å². The number of hydrogen-bond acceptors (Lipinski definition) is 6. The zero-order valence-corrected chi connectivity index (χ0v) is 15.9. The smallest absolute Gasteiger partial charge is 0.262 e. The third-order valence-electron chi connectivity index (χ3n) is 4.28. The molecule has 0 atom stereocenters. The fraction of sp³-hybridized carbons (Fsp3) is 0.286. The highest BCUT2D eigenvalue weighted by molar-refractivity contribution is 5.94. The van der Waals surface area contributed by atoms with Crippen LogP contribution in [0.2, 0.25) is 0 Å². The van der Waals surface area contributed by atoms with E-state index in [0.717, 1.165) is 13.1 Å². The molecule has 0 saturated carbocycles. The van der Waals surface area contributed by atoms with E-state index in [9.17, 15) is 9.59 Å². The van der Waals surface area contributed by atoms with Crippen LogP contribution in [0.25, 0.3) is 0 Å². The molecule has 1 heterocycles. The maximum absolute atomic E-state index is 12.1. The van der Waals surface area contributed by atoms with Crippen molar-refractivity contribution < 1.29 is 19.1 Å². The monoisotopic (exact) mass is 394 g/mol. The van der Waals surface area contributed by atoms with Gasteiger partial charge in [0, 0.05) is 24.5 Å². The summed E-state index contributed by atoms with van der Waals surface area (Å²) in [5, 5.41) is 14.3. The van der Waals surface area contributed by atoms with Crippen LogP contribution in [-0.4, -0.2) is 56.2 Å². The van der Waals surface area contributed by atoms with Crippen LogP contribution in [0.3, 0.4) is 0 Å². The van der Waals surface area contributed by atoms with Gasteiger partial charge in [-0.2, -0.15) is 5.26 Å². The lowest BCUT2D eigenvalue weighted by molar-refractivity contribution is -0.119. The van der Waals surface area contributed by atoms with Crippen molar-refractivity contribution in [3.8, 4) is 11.8 Å². The topological polar surface area (TPSA) is 104 Å². The molecule has 1 fully saturated rings. The predicted octanol–water partition coefficient (Wildman–Crippen LogP) is 1.85. The average Bonchev–Trinajstić information content (AvgIpc) is 2.75. The first-order chi connectivity index (χ1) is 14.1. The second kappa shape index (κ2) is 10.2. The van der Waals surface area contributed by atoms with E-state index >= 15 is 0 Å². The minimum absolute atomic E-state index is 0.0838.